The minimum Gasteiger partial charge on any atom is -0.398 e. The van der Waals surface area contributed by atoms with E-state index < -0.39 is 23.7 Å². The first kappa shape index (κ1) is 13.0. The molecule has 0 radical (unpaired) electrons. The lowest BCUT2D eigenvalue weighted by molar-refractivity contribution is -0.134. The van der Waals surface area contributed by atoms with Crippen LogP contribution in [0.1, 0.15) is 23.2 Å². The van der Waals surface area contributed by atoms with E-state index in [0.29, 0.717) is 0 Å². The lowest BCUT2D eigenvalue weighted by Crippen LogP contribution is -2.52. The Hall–Kier alpha value is -2.44. The zero-order valence-electron chi connectivity index (χ0n) is 9.90. The number of nitrogen functional groups attached to an aromatic ring is 1. The largest absolute Gasteiger partial charge is 0.398 e. The number of hydrogen-bond donors (Lipinski definition) is 3. The van der Waals surface area contributed by atoms with Crippen LogP contribution in [0.2, 0.25) is 0 Å². The van der Waals surface area contributed by atoms with Crippen molar-refractivity contribution in [3.8, 4) is 0 Å². The van der Waals surface area contributed by atoms with Gasteiger partial charge in [-0.05, 0) is 18.6 Å². The number of hydrogen-bond acceptors (Lipinski definition) is 4. The van der Waals surface area contributed by atoms with E-state index in [4.69, 9.17) is 5.73 Å². The van der Waals surface area contributed by atoms with Crippen LogP contribution in [0.4, 0.5) is 10.1 Å². The van der Waals surface area contributed by atoms with Crippen molar-refractivity contribution in [2.45, 2.75) is 18.9 Å². The van der Waals surface area contributed by atoms with Crippen molar-refractivity contribution in [3.63, 3.8) is 0 Å². The Morgan fingerprint density at radius 3 is 2.79 bits per heavy atom. The molecule has 3 amide bonds. The Bertz CT molecular complexity index is 539. The summed E-state index contributed by atoms with van der Waals surface area (Å²) in [5, 5.41) is 4.46. The number of nitrogens with one attached hydrogen (secondary N) is 2. The highest BCUT2D eigenvalue weighted by molar-refractivity contribution is 6.05. The van der Waals surface area contributed by atoms with Crippen molar-refractivity contribution in [1.29, 1.82) is 0 Å². The van der Waals surface area contributed by atoms with E-state index in [1.807, 2.05) is 0 Å². The van der Waals surface area contributed by atoms with E-state index in [2.05, 4.69) is 10.6 Å². The third kappa shape index (κ3) is 2.70. The maximum Gasteiger partial charge on any atom is 0.257 e. The highest BCUT2D eigenvalue weighted by Gasteiger charge is 2.29. The molecule has 1 aliphatic heterocycles. The Morgan fingerprint density at radius 2 is 2.16 bits per heavy atom. The molecule has 6 nitrogen and oxygen atoms in total. The van der Waals surface area contributed by atoms with Gasteiger partial charge in [0.15, 0.2) is 0 Å². The van der Waals surface area contributed by atoms with Crippen LogP contribution in [0.25, 0.3) is 0 Å². The van der Waals surface area contributed by atoms with Gasteiger partial charge >= 0.3 is 0 Å². The lowest BCUT2D eigenvalue weighted by atomic mass is 10.0. The predicted molar refractivity (Wildman–Crippen MR) is 64.5 cm³/mol. The molecule has 1 atom stereocenters. The Labute approximate surface area is 108 Å². The van der Waals surface area contributed by atoms with Crippen LogP contribution in [-0.4, -0.2) is 23.8 Å². The second kappa shape index (κ2) is 5.05. The topological polar surface area (TPSA) is 101 Å². The minimum absolute atomic E-state index is 0.00945. The molecule has 1 fully saturated rings. The van der Waals surface area contributed by atoms with Gasteiger partial charge in [-0.1, -0.05) is 6.07 Å². The van der Waals surface area contributed by atoms with E-state index >= 15 is 0 Å². The van der Waals surface area contributed by atoms with E-state index in [9.17, 15) is 18.8 Å². The third-order valence-electron chi connectivity index (χ3n) is 2.82. The quantitative estimate of drug-likeness (QED) is 0.515. The molecular formula is C12H12FN3O3. The fourth-order valence-corrected chi connectivity index (χ4v) is 1.84. The number of piperidine rings is 1. The van der Waals surface area contributed by atoms with Gasteiger partial charge < -0.3 is 11.1 Å². The molecule has 1 saturated heterocycles. The minimum atomic E-state index is -0.857. The highest BCUT2D eigenvalue weighted by Crippen LogP contribution is 2.16. The summed E-state index contributed by atoms with van der Waals surface area (Å²) in [5.74, 6) is -2.52. The fraction of sp³-hybridized carbons (Fsp3) is 0.250. The molecule has 19 heavy (non-hydrogen) atoms. The van der Waals surface area contributed by atoms with Crippen LogP contribution in [0.3, 0.4) is 0 Å². The first-order chi connectivity index (χ1) is 8.99. The number of benzene rings is 1. The van der Waals surface area contributed by atoms with Crippen LogP contribution in [-0.2, 0) is 9.59 Å². The number of anilines is 1. The molecule has 0 aliphatic carbocycles. The van der Waals surface area contributed by atoms with Crippen LogP contribution in [0.15, 0.2) is 18.2 Å². The van der Waals surface area contributed by atoms with Crippen molar-refractivity contribution < 1.29 is 18.8 Å². The van der Waals surface area contributed by atoms with E-state index in [1.165, 1.54) is 12.1 Å². The standard InChI is InChI=1S/C12H12FN3O3/c13-6-2-1-3-7(14)10(6)12(19)15-8-4-5-9(17)16-11(8)18/h1-3,8H,4-5,14H2,(H,15,19)(H,16,17,18). The van der Waals surface area contributed by atoms with Crippen molar-refractivity contribution in [2.75, 3.05) is 5.73 Å². The first-order valence-electron chi connectivity index (χ1n) is 5.67. The van der Waals surface area contributed by atoms with Crippen LogP contribution >= 0.6 is 0 Å². The monoisotopic (exact) mass is 265 g/mol. The summed E-state index contributed by atoms with van der Waals surface area (Å²) in [6, 6.07) is 3.02. The molecule has 0 bridgehead atoms. The van der Waals surface area contributed by atoms with Crippen molar-refractivity contribution in [1.82, 2.24) is 10.6 Å². The molecule has 1 aliphatic rings. The maximum atomic E-state index is 13.5. The van der Waals surface area contributed by atoms with Gasteiger partial charge in [0.05, 0.1) is 5.56 Å². The molecule has 0 saturated carbocycles. The zero-order chi connectivity index (χ0) is 14.0. The molecule has 2 rings (SSSR count). The number of nitrogens with two attached hydrogens (primary N) is 1. The SMILES string of the molecule is Nc1cccc(F)c1C(=O)NC1CCC(=O)NC1=O. The molecule has 1 heterocycles. The number of carbonyl (C=O) groups is 3. The predicted octanol–water partition coefficient (Wildman–Crippen LogP) is -0.0571. The lowest BCUT2D eigenvalue weighted by Gasteiger charge is -2.22. The normalized spacial score (nSPS) is 18.9. The van der Waals surface area contributed by atoms with Crippen molar-refractivity contribution in [2.24, 2.45) is 0 Å². The third-order valence-corrected chi connectivity index (χ3v) is 2.82. The number of carbonyl (C=O) groups excluding carboxylic acids is 3. The molecule has 4 N–H and O–H groups in total. The Morgan fingerprint density at radius 1 is 1.42 bits per heavy atom. The van der Waals surface area contributed by atoms with E-state index in [1.54, 1.807) is 0 Å². The summed E-state index contributed by atoms with van der Waals surface area (Å²) in [7, 11) is 0. The molecule has 100 valence electrons. The van der Waals surface area contributed by atoms with E-state index in [0.717, 1.165) is 6.07 Å². The van der Waals surface area contributed by atoms with Gasteiger partial charge in [0.1, 0.15) is 11.9 Å². The fourth-order valence-electron chi connectivity index (χ4n) is 1.84. The Kier molecular flexibility index (Phi) is 3.46. The van der Waals surface area contributed by atoms with Gasteiger partial charge in [-0.3, -0.25) is 19.7 Å². The van der Waals surface area contributed by atoms with E-state index in [-0.39, 0.29) is 30.0 Å². The number of rotatable bonds is 2. The summed E-state index contributed by atoms with van der Waals surface area (Å²) in [6.45, 7) is 0. The Balaban J connectivity index is 2.13. The molecule has 0 aromatic heterocycles. The summed E-state index contributed by atoms with van der Waals surface area (Å²) < 4.78 is 13.5. The second-order valence-corrected chi connectivity index (χ2v) is 4.18. The first-order valence-corrected chi connectivity index (χ1v) is 5.67. The van der Waals surface area contributed by atoms with Crippen molar-refractivity contribution >= 4 is 23.4 Å². The highest BCUT2D eigenvalue weighted by atomic mass is 19.1. The molecule has 0 spiro atoms. The van der Waals surface area contributed by atoms with Gasteiger partial charge in [-0.25, -0.2) is 4.39 Å². The summed E-state index contributed by atoms with van der Waals surface area (Å²) in [5.41, 5.74) is 5.22. The number of imide groups is 1. The van der Waals surface area contributed by atoms with Gasteiger partial charge in [0.2, 0.25) is 11.8 Å². The number of amides is 3. The molecule has 1 unspecified atom stereocenters. The van der Waals surface area contributed by atoms with Gasteiger partial charge in [0, 0.05) is 12.1 Å². The second-order valence-electron chi connectivity index (χ2n) is 4.18. The summed E-state index contributed by atoms with van der Waals surface area (Å²) in [6.07, 6.45) is 0.314. The van der Waals surface area contributed by atoms with Gasteiger partial charge in [-0.2, -0.15) is 0 Å². The summed E-state index contributed by atoms with van der Waals surface area (Å²) >= 11 is 0. The summed E-state index contributed by atoms with van der Waals surface area (Å²) in [4.78, 5) is 34.3. The zero-order valence-corrected chi connectivity index (χ0v) is 9.90. The van der Waals surface area contributed by atoms with Gasteiger partial charge in [0.25, 0.3) is 5.91 Å². The maximum absolute atomic E-state index is 13.5. The average Bonchev–Trinajstić information content (AvgIpc) is 2.32. The molecule has 1 aromatic carbocycles. The molecule has 1 aromatic rings. The van der Waals surface area contributed by atoms with Crippen LogP contribution in [0, 0.1) is 5.82 Å². The average molecular weight is 265 g/mol. The van der Waals surface area contributed by atoms with Gasteiger partial charge in [-0.15, -0.1) is 0 Å². The van der Waals surface area contributed by atoms with Crippen molar-refractivity contribution in [3.05, 3.63) is 29.6 Å². The van der Waals surface area contributed by atoms with Crippen LogP contribution < -0.4 is 16.4 Å². The number of halogens is 1. The van der Waals surface area contributed by atoms with Crippen LogP contribution in [0.5, 0.6) is 0 Å². The molecule has 7 heteroatoms. The smallest absolute Gasteiger partial charge is 0.257 e. The molecular weight excluding hydrogens is 253 g/mol.